The van der Waals surface area contributed by atoms with Crippen LogP contribution >= 0.6 is 11.6 Å². The molecule has 0 spiro atoms. The predicted molar refractivity (Wildman–Crippen MR) is 108 cm³/mol. The number of halogens is 1. The molecular formula is C22H23ClN2. The summed E-state index contributed by atoms with van der Waals surface area (Å²) in [7, 11) is 0. The Kier molecular flexibility index (Phi) is 6.08. The van der Waals surface area contributed by atoms with E-state index >= 15 is 0 Å². The summed E-state index contributed by atoms with van der Waals surface area (Å²) in [5.74, 6) is 0. The Morgan fingerprint density at radius 1 is 1.28 bits per heavy atom. The van der Waals surface area contributed by atoms with Crippen molar-refractivity contribution in [2.45, 2.75) is 24.6 Å². The second-order valence-electron chi connectivity index (χ2n) is 6.22. The number of benzene rings is 1. The van der Waals surface area contributed by atoms with Gasteiger partial charge in [0.1, 0.15) is 0 Å². The lowest BCUT2D eigenvalue weighted by Crippen LogP contribution is -2.08. The molecule has 2 aliphatic rings. The van der Waals surface area contributed by atoms with E-state index in [4.69, 9.17) is 22.3 Å². The summed E-state index contributed by atoms with van der Waals surface area (Å²) < 4.78 is 0. The Morgan fingerprint density at radius 3 is 2.80 bits per heavy atom. The number of hydrogen-bond donors (Lipinski definition) is 1. The van der Waals surface area contributed by atoms with E-state index in [1.807, 2.05) is 30.4 Å². The SMILES string of the molecule is N/C(=C\C(=NCC1=CCC(Cl)C=C1)c1ccccc1)C1=CC=CCC1. The van der Waals surface area contributed by atoms with Crippen LogP contribution in [-0.2, 0) is 0 Å². The van der Waals surface area contributed by atoms with Gasteiger partial charge in [-0.3, -0.25) is 4.99 Å². The minimum atomic E-state index is 0.100. The van der Waals surface area contributed by atoms with Gasteiger partial charge in [-0.2, -0.15) is 0 Å². The summed E-state index contributed by atoms with van der Waals surface area (Å²) in [6.45, 7) is 0.632. The minimum absolute atomic E-state index is 0.100. The lowest BCUT2D eigenvalue weighted by Gasteiger charge is -2.12. The third-order valence-corrected chi connectivity index (χ3v) is 4.63. The molecule has 3 rings (SSSR count). The minimum Gasteiger partial charge on any atom is -0.398 e. The smallest absolute Gasteiger partial charge is 0.0671 e. The number of nitrogens with zero attached hydrogens (tertiary/aromatic N) is 1. The van der Waals surface area contributed by atoms with Crippen molar-refractivity contribution in [3.05, 3.63) is 95.3 Å². The van der Waals surface area contributed by atoms with E-state index in [-0.39, 0.29) is 5.38 Å². The molecule has 25 heavy (non-hydrogen) atoms. The highest BCUT2D eigenvalue weighted by atomic mass is 35.5. The maximum Gasteiger partial charge on any atom is 0.0671 e. The van der Waals surface area contributed by atoms with Crippen LogP contribution in [-0.4, -0.2) is 17.6 Å². The van der Waals surface area contributed by atoms with E-state index in [0.29, 0.717) is 6.54 Å². The van der Waals surface area contributed by atoms with Crippen LogP contribution in [0, 0.1) is 0 Å². The molecule has 0 aliphatic heterocycles. The topological polar surface area (TPSA) is 38.4 Å². The first-order chi connectivity index (χ1) is 12.2. The van der Waals surface area contributed by atoms with Gasteiger partial charge in [0.05, 0.1) is 17.6 Å². The van der Waals surface area contributed by atoms with Crippen molar-refractivity contribution in [1.29, 1.82) is 0 Å². The summed E-state index contributed by atoms with van der Waals surface area (Å²) in [6, 6.07) is 10.2. The molecule has 2 aliphatic carbocycles. The van der Waals surface area contributed by atoms with Crippen LogP contribution in [0.25, 0.3) is 0 Å². The summed E-state index contributed by atoms with van der Waals surface area (Å²) in [4.78, 5) is 4.83. The van der Waals surface area contributed by atoms with Crippen LogP contribution in [0.5, 0.6) is 0 Å². The summed E-state index contributed by atoms with van der Waals surface area (Å²) >= 11 is 6.09. The predicted octanol–water partition coefficient (Wildman–Crippen LogP) is 5.09. The Labute approximate surface area is 154 Å². The van der Waals surface area contributed by atoms with Crippen LogP contribution in [0.15, 0.2) is 94.7 Å². The van der Waals surface area contributed by atoms with Gasteiger partial charge in [0.25, 0.3) is 0 Å². The number of allylic oxidation sites excluding steroid dienone is 7. The van der Waals surface area contributed by atoms with Crippen LogP contribution in [0.3, 0.4) is 0 Å². The zero-order valence-corrected chi connectivity index (χ0v) is 15.0. The van der Waals surface area contributed by atoms with Gasteiger partial charge in [0.2, 0.25) is 0 Å². The van der Waals surface area contributed by atoms with E-state index in [2.05, 4.69) is 42.5 Å². The molecular weight excluding hydrogens is 328 g/mol. The molecule has 1 unspecified atom stereocenters. The molecule has 128 valence electrons. The molecule has 0 saturated heterocycles. The Hall–Kier alpha value is -2.32. The maximum absolute atomic E-state index is 6.35. The molecule has 0 saturated carbocycles. The van der Waals surface area contributed by atoms with Gasteiger partial charge in [0.15, 0.2) is 0 Å². The fourth-order valence-corrected chi connectivity index (χ4v) is 3.01. The van der Waals surface area contributed by atoms with Gasteiger partial charge in [-0.25, -0.2) is 0 Å². The average Bonchev–Trinajstić information content (AvgIpc) is 2.67. The van der Waals surface area contributed by atoms with Crippen LogP contribution in [0.4, 0.5) is 0 Å². The second-order valence-corrected chi connectivity index (χ2v) is 6.78. The summed E-state index contributed by atoms with van der Waals surface area (Å²) in [5, 5.41) is 0.100. The zero-order valence-electron chi connectivity index (χ0n) is 14.2. The number of nitrogens with two attached hydrogens (primary N) is 1. The standard InChI is InChI=1S/C22H23ClN2/c23-20-13-11-17(12-14-20)16-25-22(19-9-5-2-6-10-19)15-21(24)18-7-3-1-4-8-18/h1-3,5-7,9-13,15,20H,4,8,14,16,24H2/b21-15-,25-22?. The molecule has 0 bridgehead atoms. The Balaban J connectivity index is 1.85. The van der Waals surface area contributed by atoms with Gasteiger partial charge in [0, 0.05) is 5.70 Å². The number of aliphatic imine (C=N–C) groups is 1. The zero-order chi connectivity index (χ0) is 17.5. The van der Waals surface area contributed by atoms with E-state index in [1.54, 1.807) is 0 Å². The quantitative estimate of drug-likeness (QED) is 0.583. The third kappa shape index (κ3) is 5.07. The van der Waals surface area contributed by atoms with Crippen LogP contribution in [0.2, 0.25) is 0 Å². The molecule has 0 heterocycles. The lowest BCUT2D eigenvalue weighted by atomic mass is 10.00. The van der Waals surface area contributed by atoms with Crippen molar-refractivity contribution >= 4 is 17.3 Å². The van der Waals surface area contributed by atoms with Crippen molar-refractivity contribution in [3.8, 4) is 0 Å². The molecule has 1 aromatic carbocycles. The number of alkyl halides is 1. The van der Waals surface area contributed by atoms with Crippen LogP contribution < -0.4 is 5.73 Å². The molecule has 0 radical (unpaired) electrons. The highest BCUT2D eigenvalue weighted by molar-refractivity contribution is 6.22. The lowest BCUT2D eigenvalue weighted by molar-refractivity contribution is 0.962. The fraction of sp³-hybridized carbons (Fsp3) is 0.227. The van der Waals surface area contributed by atoms with E-state index in [9.17, 15) is 0 Å². The van der Waals surface area contributed by atoms with Gasteiger partial charge in [-0.1, -0.05) is 66.8 Å². The van der Waals surface area contributed by atoms with Crippen molar-refractivity contribution in [1.82, 2.24) is 0 Å². The molecule has 3 heteroatoms. The number of rotatable bonds is 5. The first-order valence-corrected chi connectivity index (χ1v) is 9.10. The normalized spacial score (nSPS) is 21.1. The van der Waals surface area contributed by atoms with Gasteiger partial charge < -0.3 is 5.73 Å². The first-order valence-electron chi connectivity index (χ1n) is 8.67. The molecule has 2 N–H and O–H groups in total. The summed E-state index contributed by atoms with van der Waals surface area (Å²) in [6.07, 6.45) is 17.4. The van der Waals surface area contributed by atoms with Crippen molar-refractivity contribution < 1.29 is 0 Å². The Morgan fingerprint density at radius 2 is 2.12 bits per heavy atom. The molecule has 1 atom stereocenters. The number of hydrogen-bond acceptors (Lipinski definition) is 2. The third-order valence-electron chi connectivity index (χ3n) is 4.30. The Bertz CT molecular complexity index is 780. The monoisotopic (exact) mass is 350 g/mol. The van der Waals surface area contributed by atoms with Crippen molar-refractivity contribution in [3.63, 3.8) is 0 Å². The van der Waals surface area contributed by atoms with Gasteiger partial charge in [-0.15, -0.1) is 11.6 Å². The van der Waals surface area contributed by atoms with Gasteiger partial charge in [-0.05, 0) is 42.0 Å². The van der Waals surface area contributed by atoms with E-state index in [0.717, 1.165) is 36.2 Å². The molecule has 1 aromatic rings. The average molecular weight is 351 g/mol. The molecule has 0 amide bonds. The maximum atomic E-state index is 6.35. The largest absolute Gasteiger partial charge is 0.398 e. The highest BCUT2D eigenvalue weighted by Crippen LogP contribution is 2.19. The molecule has 2 nitrogen and oxygen atoms in total. The first kappa shape index (κ1) is 17.5. The molecule has 0 aromatic heterocycles. The van der Waals surface area contributed by atoms with Crippen molar-refractivity contribution in [2.75, 3.05) is 6.54 Å². The molecule has 0 fully saturated rings. The second kappa shape index (κ2) is 8.68. The van der Waals surface area contributed by atoms with Crippen molar-refractivity contribution in [2.24, 2.45) is 10.7 Å². The van der Waals surface area contributed by atoms with Gasteiger partial charge >= 0.3 is 0 Å². The summed E-state index contributed by atoms with van der Waals surface area (Å²) in [5.41, 5.74) is 11.5. The van der Waals surface area contributed by atoms with E-state index < -0.39 is 0 Å². The van der Waals surface area contributed by atoms with E-state index in [1.165, 1.54) is 11.1 Å². The highest BCUT2D eigenvalue weighted by Gasteiger charge is 2.08. The van der Waals surface area contributed by atoms with Crippen LogP contribution in [0.1, 0.15) is 24.8 Å². The fourth-order valence-electron chi connectivity index (χ4n) is 2.84.